The maximum Gasteiger partial charge on any atom is 0.275 e. The van der Waals surface area contributed by atoms with Gasteiger partial charge in [0.25, 0.3) is 5.69 Å². The molecule has 0 aromatic heterocycles. The molecule has 1 N–H and O–H groups in total. The standard InChI is InChI=1S/C13H17ClN2O3/c1-15(7-9-4-12(17)5-9)8-10-2-3-11(14)6-13(10)16(18)19/h2-3,6,9,12,17H,4-5,7-8H2,1H3. The number of aliphatic hydroxyl groups excluding tert-OH is 1. The van der Waals surface area contributed by atoms with Crippen molar-refractivity contribution in [3.63, 3.8) is 0 Å². The molecule has 0 unspecified atom stereocenters. The minimum absolute atomic E-state index is 0.0630. The molecule has 104 valence electrons. The van der Waals surface area contributed by atoms with E-state index in [1.165, 1.54) is 6.07 Å². The second-order valence-electron chi connectivity index (χ2n) is 5.22. The van der Waals surface area contributed by atoms with Crippen LogP contribution in [-0.4, -0.2) is 34.6 Å². The topological polar surface area (TPSA) is 66.6 Å². The van der Waals surface area contributed by atoms with Gasteiger partial charge in [0.2, 0.25) is 0 Å². The first-order chi connectivity index (χ1) is 8.95. The van der Waals surface area contributed by atoms with Crippen LogP contribution in [0.4, 0.5) is 5.69 Å². The molecule has 0 heterocycles. The van der Waals surface area contributed by atoms with Gasteiger partial charge >= 0.3 is 0 Å². The van der Waals surface area contributed by atoms with Crippen molar-refractivity contribution in [1.29, 1.82) is 0 Å². The molecule has 1 saturated carbocycles. The molecule has 1 aromatic rings. The predicted molar refractivity (Wildman–Crippen MR) is 73.2 cm³/mol. The Bertz CT molecular complexity index is 475. The van der Waals surface area contributed by atoms with Crippen LogP contribution in [0.5, 0.6) is 0 Å². The fraction of sp³-hybridized carbons (Fsp3) is 0.538. The summed E-state index contributed by atoms with van der Waals surface area (Å²) in [6.07, 6.45) is 1.49. The van der Waals surface area contributed by atoms with Crippen molar-refractivity contribution in [2.75, 3.05) is 13.6 Å². The molecule has 0 amide bonds. The highest BCUT2D eigenvalue weighted by Crippen LogP contribution is 2.29. The van der Waals surface area contributed by atoms with Crippen LogP contribution in [0, 0.1) is 16.0 Å². The zero-order chi connectivity index (χ0) is 14.0. The van der Waals surface area contributed by atoms with Gasteiger partial charge in [-0.1, -0.05) is 11.6 Å². The van der Waals surface area contributed by atoms with Gasteiger partial charge in [0.05, 0.1) is 11.0 Å². The Balaban J connectivity index is 1.99. The molecule has 1 fully saturated rings. The highest BCUT2D eigenvalue weighted by Gasteiger charge is 2.28. The fourth-order valence-corrected chi connectivity index (χ4v) is 2.65. The number of benzene rings is 1. The van der Waals surface area contributed by atoms with Gasteiger partial charge in [-0.05, 0) is 37.9 Å². The summed E-state index contributed by atoms with van der Waals surface area (Å²) in [5, 5.41) is 20.6. The second-order valence-corrected chi connectivity index (χ2v) is 5.65. The van der Waals surface area contributed by atoms with E-state index in [2.05, 4.69) is 0 Å². The van der Waals surface area contributed by atoms with Gasteiger partial charge in [-0.25, -0.2) is 0 Å². The molecule has 1 aliphatic rings. The van der Waals surface area contributed by atoms with Crippen LogP contribution in [0.2, 0.25) is 5.02 Å². The van der Waals surface area contributed by atoms with Crippen LogP contribution >= 0.6 is 11.6 Å². The van der Waals surface area contributed by atoms with Crippen molar-refractivity contribution in [3.8, 4) is 0 Å². The van der Waals surface area contributed by atoms with Crippen molar-refractivity contribution < 1.29 is 10.0 Å². The van der Waals surface area contributed by atoms with E-state index in [-0.39, 0.29) is 11.8 Å². The first kappa shape index (κ1) is 14.2. The number of rotatable bonds is 5. The van der Waals surface area contributed by atoms with E-state index < -0.39 is 4.92 Å². The summed E-state index contributed by atoms with van der Waals surface area (Å²) in [5.41, 5.74) is 0.727. The minimum Gasteiger partial charge on any atom is -0.393 e. The van der Waals surface area contributed by atoms with E-state index in [4.69, 9.17) is 11.6 Å². The molecule has 1 aliphatic carbocycles. The SMILES string of the molecule is CN(Cc1ccc(Cl)cc1[N+](=O)[O-])CC1CC(O)C1. The number of hydrogen-bond donors (Lipinski definition) is 1. The maximum absolute atomic E-state index is 11.0. The monoisotopic (exact) mass is 284 g/mol. The second kappa shape index (κ2) is 5.86. The Kier molecular flexibility index (Phi) is 4.39. The third-order valence-electron chi connectivity index (χ3n) is 3.46. The minimum atomic E-state index is -0.401. The van der Waals surface area contributed by atoms with Gasteiger partial charge in [0, 0.05) is 29.7 Å². The summed E-state index contributed by atoms with van der Waals surface area (Å²) in [6.45, 7) is 1.36. The Hall–Kier alpha value is -1.17. The van der Waals surface area contributed by atoms with Crippen LogP contribution in [0.1, 0.15) is 18.4 Å². The summed E-state index contributed by atoms with van der Waals surface area (Å²) in [7, 11) is 1.93. The Labute approximate surface area is 116 Å². The van der Waals surface area contributed by atoms with Crippen molar-refractivity contribution in [3.05, 3.63) is 38.9 Å². The summed E-state index contributed by atoms with van der Waals surface area (Å²) in [5.74, 6) is 0.492. The van der Waals surface area contributed by atoms with Crippen molar-refractivity contribution in [2.24, 2.45) is 5.92 Å². The summed E-state index contributed by atoms with van der Waals surface area (Å²) < 4.78 is 0. The molecule has 0 atom stereocenters. The molecule has 0 bridgehead atoms. The molecule has 0 aliphatic heterocycles. The van der Waals surface area contributed by atoms with E-state index in [1.807, 2.05) is 11.9 Å². The van der Waals surface area contributed by atoms with Crippen LogP contribution in [0.3, 0.4) is 0 Å². The molecule has 2 rings (SSSR count). The van der Waals surface area contributed by atoms with Gasteiger partial charge in [-0.2, -0.15) is 0 Å². The van der Waals surface area contributed by atoms with Gasteiger partial charge in [0.15, 0.2) is 0 Å². The molecule has 5 nitrogen and oxygen atoms in total. The van der Waals surface area contributed by atoms with Crippen molar-refractivity contribution in [1.82, 2.24) is 4.90 Å². The van der Waals surface area contributed by atoms with Crippen LogP contribution < -0.4 is 0 Å². The first-order valence-electron chi connectivity index (χ1n) is 6.25. The summed E-state index contributed by atoms with van der Waals surface area (Å²) >= 11 is 5.78. The Morgan fingerprint density at radius 3 is 2.79 bits per heavy atom. The smallest absolute Gasteiger partial charge is 0.275 e. The molecular formula is C13H17ClN2O3. The highest BCUT2D eigenvalue weighted by atomic mass is 35.5. The molecule has 1 aromatic carbocycles. The first-order valence-corrected chi connectivity index (χ1v) is 6.63. The lowest BCUT2D eigenvalue weighted by atomic mass is 9.82. The van der Waals surface area contributed by atoms with E-state index in [9.17, 15) is 15.2 Å². The van der Waals surface area contributed by atoms with Gasteiger partial charge < -0.3 is 10.0 Å². The fourth-order valence-electron chi connectivity index (χ4n) is 2.49. The molecule has 19 heavy (non-hydrogen) atoms. The lowest BCUT2D eigenvalue weighted by Crippen LogP contribution is -2.36. The molecule has 0 radical (unpaired) electrons. The third-order valence-corrected chi connectivity index (χ3v) is 3.70. The summed E-state index contributed by atoms with van der Waals surface area (Å²) in [4.78, 5) is 12.6. The van der Waals surface area contributed by atoms with Crippen LogP contribution in [0.25, 0.3) is 0 Å². The largest absolute Gasteiger partial charge is 0.393 e. The van der Waals surface area contributed by atoms with Gasteiger partial charge in [0.1, 0.15) is 0 Å². The van der Waals surface area contributed by atoms with Crippen molar-refractivity contribution in [2.45, 2.75) is 25.5 Å². The zero-order valence-electron chi connectivity index (χ0n) is 10.8. The Morgan fingerprint density at radius 2 is 2.21 bits per heavy atom. The quantitative estimate of drug-likeness (QED) is 0.666. The number of halogens is 1. The number of nitrogens with zero attached hydrogens (tertiary/aromatic N) is 2. The highest BCUT2D eigenvalue weighted by molar-refractivity contribution is 6.30. The average molecular weight is 285 g/mol. The number of aliphatic hydroxyl groups is 1. The lowest BCUT2D eigenvalue weighted by Gasteiger charge is -2.34. The van der Waals surface area contributed by atoms with E-state index in [1.54, 1.807) is 12.1 Å². The lowest BCUT2D eigenvalue weighted by molar-refractivity contribution is -0.385. The number of hydrogen-bond acceptors (Lipinski definition) is 4. The average Bonchev–Trinajstić information content (AvgIpc) is 2.29. The normalized spacial score (nSPS) is 22.3. The molecule has 0 spiro atoms. The molecule has 0 saturated heterocycles. The number of nitro groups is 1. The van der Waals surface area contributed by atoms with E-state index >= 15 is 0 Å². The zero-order valence-corrected chi connectivity index (χ0v) is 11.5. The maximum atomic E-state index is 11.0. The predicted octanol–water partition coefficient (Wildman–Crippen LogP) is 2.45. The Morgan fingerprint density at radius 1 is 1.53 bits per heavy atom. The third kappa shape index (κ3) is 3.65. The van der Waals surface area contributed by atoms with Crippen LogP contribution in [0.15, 0.2) is 18.2 Å². The van der Waals surface area contributed by atoms with Gasteiger partial charge in [-0.15, -0.1) is 0 Å². The molecular weight excluding hydrogens is 268 g/mol. The van der Waals surface area contributed by atoms with E-state index in [0.717, 1.165) is 19.4 Å². The van der Waals surface area contributed by atoms with Gasteiger partial charge in [-0.3, -0.25) is 10.1 Å². The van der Waals surface area contributed by atoms with E-state index in [0.29, 0.717) is 23.0 Å². The summed E-state index contributed by atoms with van der Waals surface area (Å²) in [6, 6.07) is 4.76. The van der Waals surface area contributed by atoms with Crippen molar-refractivity contribution >= 4 is 17.3 Å². The number of nitro benzene ring substituents is 1. The molecule has 6 heteroatoms. The van der Waals surface area contributed by atoms with Crippen LogP contribution in [-0.2, 0) is 6.54 Å².